The number of likely N-dealkylation sites (tertiary alicyclic amines) is 1. The number of methoxy groups -OCH3 is 2. The van der Waals surface area contributed by atoms with Crippen molar-refractivity contribution >= 4 is 17.6 Å². The standard InChI is InChI=1S/C22H26ClNO5/c1-4-29-17-11-10-14(23)13-15(17)21(24-12-6-7-16(24)22(25)26)20-18(27-2)8-5-9-19(20)28-3/h5,8-11,13,16,21H,4,6-7,12H2,1-3H3,(H,25,26). The smallest absolute Gasteiger partial charge is 0.320 e. The molecule has 3 rings (SSSR count). The molecular weight excluding hydrogens is 394 g/mol. The van der Waals surface area contributed by atoms with Crippen LogP contribution in [0.5, 0.6) is 17.2 Å². The SMILES string of the molecule is CCOc1ccc(Cl)cc1C(c1c(OC)cccc1OC)N1CCCC1C(=O)O. The normalized spacial score (nSPS) is 17.7. The van der Waals surface area contributed by atoms with Crippen molar-refractivity contribution < 1.29 is 24.1 Å². The predicted molar refractivity (Wildman–Crippen MR) is 111 cm³/mol. The summed E-state index contributed by atoms with van der Waals surface area (Å²) in [5, 5.41) is 10.4. The summed E-state index contributed by atoms with van der Waals surface area (Å²) in [5.74, 6) is 1.05. The average molecular weight is 420 g/mol. The van der Waals surface area contributed by atoms with E-state index in [4.69, 9.17) is 25.8 Å². The van der Waals surface area contributed by atoms with Crippen molar-refractivity contribution in [2.45, 2.75) is 31.8 Å². The Bertz CT molecular complexity index is 850. The number of hydrogen-bond acceptors (Lipinski definition) is 5. The lowest BCUT2D eigenvalue weighted by atomic mass is 9.93. The van der Waals surface area contributed by atoms with Crippen LogP contribution in [-0.2, 0) is 4.79 Å². The fourth-order valence-corrected chi connectivity index (χ4v) is 4.21. The molecule has 0 saturated carbocycles. The van der Waals surface area contributed by atoms with Crippen LogP contribution < -0.4 is 14.2 Å². The highest BCUT2D eigenvalue weighted by Gasteiger charge is 2.40. The van der Waals surface area contributed by atoms with E-state index < -0.39 is 18.1 Å². The van der Waals surface area contributed by atoms with Gasteiger partial charge in [0.1, 0.15) is 23.3 Å². The Hall–Kier alpha value is -2.44. The summed E-state index contributed by atoms with van der Waals surface area (Å²) in [7, 11) is 3.19. The van der Waals surface area contributed by atoms with Crippen molar-refractivity contribution in [1.29, 1.82) is 0 Å². The van der Waals surface area contributed by atoms with Crippen LogP contribution in [0.4, 0.5) is 0 Å². The van der Waals surface area contributed by atoms with E-state index in [0.717, 1.165) is 17.5 Å². The van der Waals surface area contributed by atoms with Gasteiger partial charge in [-0.25, -0.2) is 0 Å². The first-order valence-corrected chi connectivity index (χ1v) is 10.0. The third-order valence-electron chi connectivity index (χ3n) is 5.22. The lowest BCUT2D eigenvalue weighted by Crippen LogP contribution is -2.39. The maximum absolute atomic E-state index is 12.0. The van der Waals surface area contributed by atoms with Gasteiger partial charge in [0.05, 0.1) is 32.4 Å². The van der Waals surface area contributed by atoms with E-state index >= 15 is 0 Å². The second kappa shape index (κ2) is 9.37. The lowest BCUT2D eigenvalue weighted by Gasteiger charge is -2.34. The molecule has 0 bridgehead atoms. The van der Waals surface area contributed by atoms with Crippen LogP contribution in [0.15, 0.2) is 36.4 Å². The van der Waals surface area contributed by atoms with Crippen LogP contribution in [0.25, 0.3) is 0 Å². The number of benzene rings is 2. The monoisotopic (exact) mass is 419 g/mol. The highest BCUT2D eigenvalue weighted by atomic mass is 35.5. The molecule has 1 fully saturated rings. The topological polar surface area (TPSA) is 68.2 Å². The Labute approximate surface area is 175 Å². The number of nitrogens with zero attached hydrogens (tertiary/aromatic N) is 1. The van der Waals surface area contributed by atoms with Crippen LogP contribution in [-0.4, -0.2) is 49.4 Å². The number of ether oxygens (including phenoxy) is 3. The largest absolute Gasteiger partial charge is 0.496 e. The molecule has 2 aromatic rings. The second-order valence-electron chi connectivity index (χ2n) is 6.83. The van der Waals surface area contributed by atoms with Gasteiger partial charge in [-0.15, -0.1) is 0 Å². The molecule has 1 heterocycles. The third-order valence-corrected chi connectivity index (χ3v) is 5.45. The fourth-order valence-electron chi connectivity index (χ4n) is 4.03. The van der Waals surface area contributed by atoms with Crippen molar-refractivity contribution in [3.63, 3.8) is 0 Å². The van der Waals surface area contributed by atoms with Crippen molar-refractivity contribution in [3.05, 3.63) is 52.5 Å². The van der Waals surface area contributed by atoms with Gasteiger partial charge in [0.25, 0.3) is 0 Å². The molecule has 0 spiro atoms. The summed E-state index contributed by atoms with van der Waals surface area (Å²) >= 11 is 6.35. The Morgan fingerprint density at radius 2 is 1.90 bits per heavy atom. The molecule has 2 aromatic carbocycles. The first-order chi connectivity index (χ1) is 14.0. The first-order valence-electron chi connectivity index (χ1n) is 9.63. The number of hydrogen-bond donors (Lipinski definition) is 1. The van der Waals surface area contributed by atoms with E-state index in [1.54, 1.807) is 20.3 Å². The molecule has 156 valence electrons. The Morgan fingerprint density at radius 3 is 2.48 bits per heavy atom. The van der Waals surface area contributed by atoms with E-state index in [1.165, 1.54) is 0 Å². The van der Waals surface area contributed by atoms with Crippen molar-refractivity contribution in [1.82, 2.24) is 4.90 Å². The van der Waals surface area contributed by atoms with Gasteiger partial charge in [0, 0.05) is 17.1 Å². The molecule has 0 aliphatic carbocycles. The molecule has 7 heteroatoms. The Morgan fingerprint density at radius 1 is 1.21 bits per heavy atom. The summed E-state index contributed by atoms with van der Waals surface area (Å²) in [6.45, 7) is 3.01. The lowest BCUT2D eigenvalue weighted by molar-refractivity contribution is -0.142. The van der Waals surface area contributed by atoms with Gasteiger partial charge < -0.3 is 19.3 Å². The highest BCUT2D eigenvalue weighted by molar-refractivity contribution is 6.30. The number of rotatable bonds is 8. The molecule has 1 saturated heterocycles. The van der Waals surface area contributed by atoms with E-state index in [0.29, 0.717) is 41.8 Å². The maximum atomic E-state index is 12.0. The Kier molecular flexibility index (Phi) is 6.87. The predicted octanol–water partition coefficient (Wildman–Crippen LogP) is 4.39. The zero-order chi connectivity index (χ0) is 21.0. The minimum absolute atomic E-state index is 0.454. The highest BCUT2D eigenvalue weighted by Crippen LogP contribution is 2.46. The number of carbonyl (C=O) groups is 1. The van der Waals surface area contributed by atoms with Gasteiger partial charge in [-0.1, -0.05) is 17.7 Å². The molecule has 2 unspecified atom stereocenters. The number of carboxylic acids is 1. The molecule has 0 aromatic heterocycles. The summed E-state index contributed by atoms with van der Waals surface area (Å²) < 4.78 is 17.2. The van der Waals surface area contributed by atoms with Crippen LogP contribution in [0.3, 0.4) is 0 Å². The molecule has 0 amide bonds. The van der Waals surface area contributed by atoms with Gasteiger partial charge >= 0.3 is 5.97 Å². The first kappa shape index (κ1) is 21.3. The van der Waals surface area contributed by atoms with Gasteiger partial charge in [-0.2, -0.15) is 0 Å². The van der Waals surface area contributed by atoms with E-state index in [9.17, 15) is 9.90 Å². The summed E-state index contributed by atoms with van der Waals surface area (Å²) in [4.78, 5) is 14.0. The molecule has 1 N–H and O–H groups in total. The van der Waals surface area contributed by atoms with E-state index in [1.807, 2.05) is 42.2 Å². The molecule has 0 radical (unpaired) electrons. The molecule has 6 nitrogen and oxygen atoms in total. The average Bonchev–Trinajstić information content (AvgIpc) is 3.20. The molecule has 1 aliphatic heterocycles. The summed E-state index contributed by atoms with van der Waals surface area (Å²) in [5.41, 5.74) is 1.55. The van der Waals surface area contributed by atoms with Crippen LogP contribution >= 0.6 is 11.6 Å². The van der Waals surface area contributed by atoms with Gasteiger partial charge in [-0.05, 0) is 50.1 Å². The molecule has 2 atom stereocenters. The zero-order valence-corrected chi connectivity index (χ0v) is 17.6. The van der Waals surface area contributed by atoms with Gasteiger partial charge in [-0.3, -0.25) is 9.69 Å². The molecular formula is C22H26ClNO5. The van der Waals surface area contributed by atoms with Gasteiger partial charge in [0.15, 0.2) is 0 Å². The van der Waals surface area contributed by atoms with Crippen LogP contribution in [0.2, 0.25) is 5.02 Å². The summed E-state index contributed by atoms with van der Waals surface area (Å²) in [6, 6.07) is 9.89. The van der Waals surface area contributed by atoms with Gasteiger partial charge in [0.2, 0.25) is 0 Å². The second-order valence-corrected chi connectivity index (χ2v) is 7.26. The molecule has 29 heavy (non-hydrogen) atoms. The van der Waals surface area contributed by atoms with Crippen molar-refractivity contribution in [3.8, 4) is 17.2 Å². The van der Waals surface area contributed by atoms with Crippen LogP contribution in [0, 0.1) is 0 Å². The number of carboxylic acid groups (broad SMARTS) is 1. The van der Waals surface area contributed by atoms with Crippen molar-refractivity contribution in [2.75, 3.05) is 27.4 Å². The third kappa shape index (κ3) is 4.28. The van der Waals surface area contributed by atoms with Crippen molar-refractivity contribution in [2.24, 2.45) is 0 Å². The Balaban J connectivity index is 2.28. The van der Waals surface area contributed by atoms with Crippen LogP contribution in [0.1, 0.15) is 36.9 Å². The maximum Gasteiger partial charge on any atom is 0.320 e. The minimum Gasteiger partial charge on any atom is -0.496 e. The number of aliphatic carboxylic acids is 1. The number of halogens is 1. The fraction of sp³-hybridized carbons (Fsp3) is 0.409. The minimum atomic E-state index is -0.846. The quantitative estimate of drug-likeness (QED) is 0.684. The van der Waals surface area contributed by atoms with E-state index in [2.05, 4.69) is 0 Å². The zero-order valence-electron chi connectivity index (χ0n) is 16.9. The molecule has 1 aliphatic rings. The summed E-state index contributed by atoms with van der Waals surface area (Å²) in [6.07, 6.45) is 1.36. The van der Waals surface area contributed by atoms with E-state index in [-0.39, 0.29) is 0 Å².